The molecular formula is C36H71N5O4. The topological polar surface area (TPSA) is 120 Å². The average Bonchev–Trinajstić information content (AvgIpc) is 3.03. The van der Waals surface area contributed by atoms with Crippen molar-refractivity contribution in [2.45, 2.75) is 168 Å². The van der Waals surface area contributed by atoms with Crippen LogP contribution in [0.15, 0.2) is 0 Å². The van der Waals surface area contributed by atoms with Crippen LogP contribution in [0.25, 0.3) is 0 Å². The molecule has 0 saturated carbocycles. The molecule has 0 unspecified atom stereocenters. The second kappa shape index (κ2) is 33.1. The van der Waals surface area contributed by atoms with Gasteiger partial charge in [0.25, 0.3) is 0 Å². The lowest BCUT2D eigenvalue weighted by molar-refractivity contribution is -0.131. The van der Waals surface area contributed by atoms with Crippen LogP contribution in [-0.4, -0.2) is 67.9 Å². The summed E-state index contributed by atoms with van der Waals surface area (Å²) in [7, 11) is 0. The van der Waals surface area contributed by atoms with Gasteiger partial charge in [0.15, 0.2) is 0 Å². The zero-order valence-electron chi connectivity index (χ0n) is 29.6. The fraction of sp³-hybridized carbons (Fsp3) is 0.889. The molecule has 0 aromatic heterocycles. The number of nitrogens with one attached hydrogen (secondary N) is 4. The van der Waals surface area contributed by atoms with Gasteiger partial charge < -0.3 is 26.2 Å². The Bertz CT molecular complexity index is 730. The van der Waals surface area contributed by atoms with Gasteiger partial charge in [0.1, 0.15) is 0 Å². The summed E-state index contributed by atoms with van der Waals surface area (Å²) in [6, 6.07) is -0.169. The van der Waals surface area contributed by atoms with E-state index >= 15 is 0 Å². The summed E-state index contributed by atoms with van der Waals surface area (Å²) in [5.41, 5.74) is 0. The maximum atomic E-state index is 12.0. The summed E-state index contributed by atoms with van der Waals surface area (Å²) in [4.78, 5) is 49.7. The van der Waals surface area contributed by atoms with Crippen molar-refractivity contribution in [3.63, 3.8) is 0 Å². The van der Waals surface area contributed by atoms with Gasteiger partial charge >= 0.3 is 6.03 Å². The van der Waals surface area contributed by atoms with Crippen LogP contribution in [0.5, 0.6) is 0 Å². The monoisotopic (exact) mass is 638 g/mol. The van der Waals surface area contributed by atoms with Crippen LogP contribution < -0.4 is 21.3 Å². The Labute approximate surface area is 276 Å². The Balaban J connectivity index is 3.43. The Hall–Kier alpha value is -2.32. The molecule has 45 heavy (non-hydrogen) atoms. The molecule has 0 atom stereocenters. The van der Waals surface area contributed by atoms with Gasteiger partial charge in [-0.15, -0.1) is 0 Å². The van der Waals surface area contributed by atoms with Crippen molar-refractivity contribution in [2.24, 2.45) is 0 Å². The molecule has 4 N–H and O–H groups in total. The molecule has 0 aliphatic heterocycles. The van der Waals surface area contributed by atoms with E-state index in [2.05, 4.69) is 28.2 Å². The van der Waals surface area contributed by atoms with Crippen LogP contribution in [0.3, 0.4) is 0 Å². The highest BCUT2D eigenvalue weighted by Crippen LogP contribution is 2.13. The van der Waals surface area contributed by atoms with Crippen LogP contribution in [0.1, 0.15) is 168 Å². The van der Waals surface area contributed by atoms with Crippen molar-refractivity contribution in [3.05, 3.63) is 0 Å². The standard InChI is InChI=1S/C36H71N5O4/c1-4-7-8-9-10-11-12-13-14-15-16-17-18-19-20-22-30-39-36(45)40-32-25-27-34(43)38-31-24-26-33(42)37-29-23-21-28-35(44)41(5-2)6-3/h4-32H2,1-3H3,(H,37,42)(H,38,43)(H2,39,40,45). The van der Waals surface area contributed by atoms with Gasteiger partial charge in [0.2, 0.25) is 17.7 Å². The van der Waals surface area contributed by atoms with Crippen LogP contribution in [0.2, 0.25) is 0 Å². The van der Waals surface area contributed by atoms with Gasteiger partial charge in [-0.3, -0.25) is 14.4 Å². The third-order valence-corrected chi connectivity index (χ3v) is 8.34. The van der Waals surface area contributed by atoms with Gasteiger partial charge in [0.05, 0.1) is 0 Å². The molecule has 9 nitrogen and oxygen atoms in total. The van der Waals surface area contributed by atoms with Crippen molar-refractivity contribution in [2.75, 3.05) is 39.3 Å². The Kier molecular flexibility index (Phi) is 31.4. The first-order valence-electron chi connectivity index (χ1n) is 18.8. The van der Waals surface area contributed by atoms with Crippen molar-refractivity contribution in [1.29, 1.82) is 0 Å². The molecule has 264 valence electrons. The fourth-order valence-corrected chi connectivity index (χ4v) is 5.41. The van der Waals surface area contributed by atoms with Crippen LogP contribution in [0.4, 0.5) is 4.79 Å². The lowest BCUT2D eigenvalue weighted by Gasteiger charge is -2.18. The summed E-state index contributed by atoms with van der Waals surface area (Å²) in [6.45, 7) is 9.86. The number of urea groups is 1. The average molecular weight is 638 g/mol. The minimum absolute atomic E-state index is 0.0332. The van der Waals surface area contributed by atoms with E-state index in [-0.39, 0.29) is 23.8 Å². The second-order valence-corrected chi connectivity index (χ2v) is 12.4. The second-order valence-electron chi connectivity index (χ2n) is 12.4. The van der Waals surface area contributed by atoms with E-state index < -0.39 is 0 Å². The molecule has 0 aliphatic carbocycles. The van der Waals surface area contributed by atoms with Crippen LogP contribution in [-0.2, 0) is 14.4 Å². The van der Waals surface area contributed by atoms with E-state index in [0.29, 0.717) is 58.3 Å². The number of amides is 5. The summed E-state index contributed by atoms with van der Waals surface area (Å²) in [6.07, 6.45) is 25.3. The highest BCUT2D eigenvalue weighted by Gasteiger charge is 2.09. The van der Waals surface area contributed by atoms with Gasteiger partial charge in [-0.25, -0.2) is 4.79 Å². The van der Waals surface area contributed by atoms with Crippen molar-refractivity contribution < 1.29 is 19.2 Å². The summed E-state index contributed by atoms with van der Waals surface area (Å²) in [5, 5.41) is 11.4. The number of rotatable bonds is 32. The first-order valence-corrected chi connectivity index (χ1v) is 18.8. The molecule has 0 heterocycles. The zero-order valence-corrected chi connectivity index (χ0v) is 29.6. The van der Waals surface area contributed by atoms with Crippen LogP contribution >= 0.6 is 0 Å². The maximum absolute atomic E-state index is 12.0. The number of hydrogen-bond donors (Lipinski definition) is 4. The van der Waals surface area contributed by atoms with E-state index in [1.165, 1.54) is 89.9 Å². The molecule has 0 aliphatic rings. The molecule has 0 rings (SSSR count). The number of carbonyl (C=O) groups excluding carboxylic acids is 4. The third-order valence-electron chi connectivity index (χ3n) is 8.34. The number of unbranched alkanes of at least 4 members (excludes halogenated alkanes) is 16. The summed E-state index contributed by atoms with van der Waals surface area (Å²) in [5.74, 6) is 0.0691. The predicted molar refractivity (Wildman–Crippen MR) is 187 cm³/mol. The van der Waals surface area contributed by atoms with E-state index in [4.69, 9.17) is 0 Å². The quantitative estimate of drug-likeness (QED) is 0.0576. The van der Waals surface area contributed by atoms with Crippen molar-refractivity contribution in [1.82, 2.24) is 26.2 Å². The normalized spacial score (nSPS) is 10.8. The Morgan fingerprint density at radius 1 is 0.400 bits per heavy atom. The van der Waals surface area contributed by atoms with E-state index in [1.54, 1.807) is 0 Å². The minimum Gasteiger partial charge on any atom is -0.356 e. The van der Waals surface area contributed by atoms with Crippen molar-refractivity contribution in [3.8, 4) is 0 Å². The highest BCUT2D eigenvalue weighted by molar-refractivity contribution is 5.77. The van der Waals surface area contributed by atoms with Gasteiger partial charge in [-0.1, -0.05) is 103 Å². The first kappa shape index (κ1) is 42.7. The molecule has 9 heteroatoms. The summed E-state index contributed by atoms with van der Waals surface area (Å²) >= 11 is 0. The number of hydrogen-bond acceptors (Lipinski definition) is 4. The van der Waals surface area contributed by atoms with Gasteiger partial charge in [-0.2, -0.15) is 0 Å². The molecule has 0 aromatic rings. The first-order chi connectivity index (χ1) is 21.9. The lowest BCUT2D eigenvalue weighted by Crippen LogP contribution is -2.37. The number of carbonyl (C=O) groups is 4. The molecule has 0 saturated heterocycles. The molecule has 0 fully saturated rings. The molecular weight excluding hydrogens is 566 g/mol. The summed E-state index contributed by atoms with van der Waals surface area (Å²) < 4.78 is 0. The Morgan fingerprint density at radius 3 is 1.20 bits per heavy atom. The smallest absolute Gasteiger partial charge is 0.314 e. The van der Waals surface area contributed by atoms with E-state index in [1.807, 2.05) is 18.7 Å². The van der Waals surface area contributed by atoms with Gasteiger partial charge in [0, 0.05) is 58.5 Å². The highest BCUT2D eigenvalue weighted by atomic mass is 16.2. The zero-order chi connectivity index (χ0) is 33.2. The molecule has 0 radical (unpaired) electrons. The number of nitrogens with zero attached hydrogens (tertiary/aromatic N) is 1. The van der Waals surface area contributed by atoms with Crippen molar-refractivity contribution >= 4 is 23.8 Å². The third kappa shape index (κ3) is 30.1. The van der Waals surface area contributed by atoms with E-state index in [9.17, 15) is 19.2 Å². The molecule has 0 aromatic carbocycles. The SMILES string of the molecule is CCCCCCCCCCCCCCCCCCNC(=O)NCCCC(=O)NCCCC(=O)NCCCCC(=O)N(CC)CC. The molecule has 5 amide bonds. The maximum Gasteiger partial charge on any atom is 0.314 e. The fourth-order valence-electron chi connectivity index (χ4n) is 5.41. The predicted octanol–water partition coefficient (Wildman–Crippen LogP) is 7.38. The van der Waals surface area contributed by atoms with E-state index in [0.717, 1.165) is 38.8 Å². The Morgan fingerprint density at radius 2 is 0.756 bits per heavy atom. The minimum atomic E-state index is -0.169. The van der Waals surface area contributed by atoms with Gasteiger partial charge in [-0.05, 0) is 46.0 Å². The molecule has 0 spiro atoms. The largest absolute Gasteiger partial charge is 0.356 e. The lowest BCUT2D eigenvalue weighted by atomic mass is 10.0. The van der Waals surface area contributed by atoms with Crippen LogP contribution in [0, 0.1) is 0 Å². The molecule has 0 bridgehead atoms.